The van der Waals surface area contributed by atoms with Gasteiger partial charge in [0.1, 0.15) is 10.3 Å². The average Bonchev–Trinajstić information content (AvgIpc) is 2.69. The Kier molecular flexibility index (Phi) is 4.28. The summed E-state index contributed by atoms with van der Waals surface area (Å²) < 4.78 is 2.43. The minimum absolute atomic E-state index is 0.245. The zero-order valence-electron chi connectivity index (χ0n) is 11.2. The summed E-state index contributed by atoms with van der Waals surface area (Å²) in [4.78, 5) is 11.4. The van der Waals surface area contributed by atoms with E-state index < -0.39 is 0 Å². The van der Waals surface area contributed by atoms with Crippen LogP contribution in [0.5, 0.6) is 0 Å². The highest BCUT2D eigenvalue weighted by molar-refractivity contribution is 9.10. The topological polar surface area (TPSA) is 34.9 Å². The summed E-state index contributed by atoms with van der Waals surface area (Å²) in [5.74, 6) is 0. The molecule has 0 N–H and O–H groups in total. The van der Waals surface area contributed by atoms with Crippen molar-refractivity contribution in [1.29, 1.82) is 0 Å². The second-order valence-corrected chi connectivity index (χ2v) is 6.95. The zero-order chi connectivity index (χ0) is 15.1. The number of carbonyl (C=O) groups excluding carboxylic acids is 1. The van der Waals surface area contributed by atoms with Crippen molar-refractivity contribution in [2.75, 3.05) is 0 Å². The van der Waals surface area contributed by atoms with Gasteiger partial charge in [0, 0.05) is 5.56 Å². The molecule has 0 unspecified atom stereocenters. The SMILES string of the molecule is CC(C)(C)n1nc(-c2ccc(Cl)c(Cl)c2)c(C=O)c1Br. The molecule has 0 amide bonds. The Balaban J connectivity index is 2.68. The smallest absolute Gasteiger partial charge is 0.155 e. The summed E-state index contributed by atoms with van der Waals surface area (Å²) >= 11 is 15.4. The predicted octanol–water partition coefficient (Wildman–Crippen LogP) is 5.19. The molecule has 1 aromatic heterocycles. The number of nitrogens with zero attached hydrogens (tertiary/aromatic N) is 2. The summed E-state index contributed by atoms with van der Waals surface area (Å²) in [5.41, 5.74) is 1.59. The van der Waals surface area contributed by atoms with Crippen LogP contribution in [0.4, 0.5) is 0 Å². The van der Waals surface area contributed by atoms with Gasteiger partial charge in [0.15, 0.2) is 6.29 Å². The first kappa shape index (κ1) is 15.5. The standard InChI is InChI=1S/C14H13BrCl2N2O/c1-14(2,3)19-13(15)9(7-20)12(18-19)8-4-5-10(16)11(17)6-8/h4-7H,1-3H3. The predicted molar refractivity (Wildman–Crippen MR) is 85.8 cm³/mol. The highest BCUT2D eigenvalue weighted by atomic mass is 79.9. The fourth-order valence-corrected chi connectivity index (χ4v) is 3.01. The van der Waals surface area contributed by atoms with E-state index in [1.54, 1.807) is 22.9 Å². The van der Waals surface area contributed by atoms with Crippen LogP contribution in [0.1, 0.15) is 31.1 Å². The van der Waals surface area contributed by atoms with E-state index in [4.69, 9.17) is 23.2 Å². The number of hydrogen-bond acceptors (Lipinski definition) is 2. The highest BCUT2D eigenvalue weighted by Crippen LogP contribution is 2.34. The molecule has 0 radical (unpaired) electrons. The van der Waals surface area contributed by atoms with Gasteiger partial charge in [-0.25, -0.2) is 0 Å². The quantitative estimate of drug-likeness (QED) is 0.677. The molecule has 106 valence electrons. The van der Waals surface area contributed by atoms with E-state index in [0.717, 1.165) is 11.8 Å². The largest absolute Gasteiger partial charge is 0.298 e. The van der Waals surface area contributed by atoms with Crippen LogP contribution in [0.3, 0.4) is 0 Å². The Morgan fingerprint density at radius 1 is 1.25 bits per heavy atom. The molecule has 0 aliphatic carbocycles. The fourth-order valence-electron chi connectivity index (χ4n) is 1.82. The van der Waals surface area contributed by atoms with Gasteiger partial charge in [-0.3, -0.25) is 9.48 Å². The Labute approximate surface area is 136 Å². The minimum Gasteiger partial charge on any atom is -0.298 e. The van der Waals surface area contributed by atoms with Gasteiger partial charge in [-0.05, 0) is 48.8 Å². The first-order valence-electron chi connectivity index (χ1n) is 5.95. The molecular formula is C14H13BrCl2N2O. The third-order valence-corrected chi connectivity index (χ3v) is 4.31. The molecular weight excluding hydrogens is 363 g/mol. The fraction of sp³-hybridized carbons (Fsp3) is 0.286. The number of aldehydes is 1. The molecule has 2 rings (SSSR count). The van der Waals surface area contributed by atoms with Crippen LogP contribution in [-0.2, 0) is 5.54 Å². The molecule has 0 saturated carbocycles. The summed E-state index contributed by atoms with van der Waals surface area (Å²) in [6.45, 7) is 6.04. The van der Waals surface area contributed by atoms with Gasteiger partial charge in [-0.15, -0.1) is 0 Å². The second kappa shape index (κ2) is 5.51. The van der Waals surface area contributed by atoms with Crippen molar-refractivity contribution >= 4 is 45.4 Å². The van der Waals surface area contributed by atoms with Crippen molar-refractivity contribution in [3.8, 4) is 11.3 Å². The number of hydrogen-bond donors (Lipinski definition) is 0. The van der Waals surface area contributed by atoms with Crippen molar-refractivity contribution in [3.05, 3.63) is 38.4 Å². The van der Waals surface area contributed by atoms with Crippen LogP contribution in [0.2, 0.25) is 10.0 Å². The summed E-state index contributed by atoms with van der Waals surface area (Å²) in [5, 5.41) is 5.43. The van der Waals surface area contributed by atoms with E-state index in [1.165, 1.54) is 0 Å². The van der Waals surface area contributed by atoms with Gasteiger partial charge in [0.2, 0.25) is 0 Å². The van der Waals surface area contributed by atoms with E-state index >= 15 is 0 Å². The molecule has 1 heterocycles. The molecule has 2 aromatic rings. The van der Waals surface area contributed by atoms with E-state index in [1.807, 2.05) is 20.8 Å². The lowest BCUT2D eigenvalue weighted by Crippen LogP contribution is -2.23. The van der Waals surface area contributed by atoms with Gasteiger partial charge in [-0.1, -0.05) is 29.3 Å². The Bertz CT molecular complexity index is 675. The number of halogens is 3. The van der Waals surface area contributed by atoms with Crippen molar-refractivity contribution in [2.45, 2.75) is 26.3 Å². The average molecular weight is 376 g/mol. The maximum Gasteiger partial charge on any atom is 0.155 e. The van der Waals surface area contributed by atoms with Gasteiger partial charge >= 0.3 is 0 Å². The molecule has 0 saturated heterocycles. The first-order valence-corrected chi connectivity index (χ1v) is 7.50. The summed E-state index contributed by atoms with van der Waals surface area (Å²) in [7, 11) is 0. The lowest BCUT2D eigenvalue weighted by atomic mass is 10.1. The second-order valence-electron chi connectivity index (χ2n) is 5.38. The molecule has 1 aromatic carbocycles. The molecule has 6 heteroatoms. The summed E-state index contributed by atoms with van der Waals surface area (Å²) in [6, 6.07) is 5.19. The monoisotopic (exact) mass is 374 g/mol. The van der Waals surface area contributed by atoms with Crippen molar-refractivity contribution in [2.24, 2.45) is 0 Å². The number of benzene rings is 1. The number of rotatable bonds is 2. The number of carbonyl (C=O) groups is 1. The van der Waals surface area contributed by atoms with Gasteiger partial charge < -0.3 is 0 Å². The lowest BCUT2D eigenvalue weighted by molar-refractivity contribution is 0.112. The molecule has 0 spiro atoms. The van der Waals surface area contributed by atoms with Crippen LogP contribution >= 0.6 is 39.1 Å². The maximum atomic E-state index is 11.4. The molecule has 0 bridgehead atoms. The molecule has 20 heavy (non-hydrogen) atoms. The van der Waals surface area contributed by atoms with E-state index in [2.05, 4.69) is 21.0 Å². The molecule has 0 aliphatic rings. The lowest BCUT2D eigenvalue weighted by Gasteiger charge is -2.20. The highest BCUT2D eigenvalue weighted by Gasteiger charge is 2.24. The van der Waals surface area contributed by atoms with Gasteiger partial charge in [0.25, 0.3) is 0 Å². The molecule has 0 aliphatic heterocycles. The van der Waals surface area contributed by atoms with Crippen molar-refractivity contribution < 1.29 is 4.79 Å². The normalized spacial score (nSPS) is 11.7. The van der Waals surface area contributed by atoms with Crippen LogP contribution < -0.4 is 0 Å². The third-order valence-electron chi connectivity index (χ3n) is 2.81. The minimum atomic E-state index is -0.245. The van der Waals surface area contributed by atoms with Crippen LogP contribution in [-0.4, -0.2) is 16.1 Å². The van der Waals surface area contributed by atoms with Crippen molar-refractivity contribution in [3.63, 3.8) is 0 Å². The van der Waals surface area contributed by atoms with Gasteiger partial charge in [0.05, 0.1) is 21.1 Å². The van der Waals surface area contributed by atoms with Crippen LogP contribution in [0.25, 0.3) is 11.3 Å². The molecule has 3 nitrogen and oxygen atoms in total. The third kappa shape index (κ3) is 2.78. The maximum absolute atomic E-state index is 11.4. The zero-order valence-corrected chi connectivity index (χ0v) is 14.3. The molecule has 0 atom stereocenters. The van der Waals surface area contributed by atoms with E-state index in [0.29, 0.717) is 25.9 Å². The Hall–Kier alpha value is -0.840. The van der Waals surface area contributed by atoms with E-state index in [-0.39, 0.29) is 5.54 Å². The Morgan fingerprint density at radius 3 is 2.40 bits per heavy atom. The molecule has 0 fully saturated rings. The van der Waals surface area contributed by atoms with Gasteiger partial charge in [-0.2, -0.15) is 5.10 Å². The van der Waals surface area contributed by atoms with Crippen LogP contribution in [0.15, 0.2) is 22.8 Å². The first-order chi connectivity index (χ1) is 9.25. The van der Waals surface area contributed by atoms with Crippen molar-refractivity contribution in [1.82, 2.24) is 9.78 Å². The van der Waals surface area contributed by atoms with Crippen LogP contribution in [0, 0.1) is 0 Å². The Morgan fingerprint density at radius 2 is 1.90 bits per heavy atom. The summed E-state index contributed by atoms with van der Waals surface area (Å²) in [6.07, 6.45) is 0.789. The number of aromatic nitrogens is 2. The van der Waals surface area contributed by atoms with E-state index in [9.17, 15) is 4.79 Å².